The molecule has 2 saturated heterocycles. The van der Waals surface area contributed by atoms with Gasteiger partial charge in [-0.1, -0.05) is 6.92 Å². The lowest BCUT2D eigenvalue weighted by Crippen LogP contribution is -2.46. The second kappa shape index (κ2) is 7.96. The SMILES string of the molecule is COc1ccc(S(=O)(=O)N2CCC(C(=O)N3CCC[C@@H](C)C3)CC2)cc1. The number of sulfonamides is 1. The summed E-state index contributed by atoms with van der Waals surface area (Å²) in [6.07, 6.45) is 3.44. The molecule has 0 saturated carbocycles. The molecule has 3 rings (SSSR count). The summed E-state index contributed by atoms with van der Waals surface area (Å²) in [6.45, 7) is 4.66. The van der Waals surface area contributed by atoms with E-state index in [-0.39, 0.29) is 16.7 Å². The zero-order chi connectivity index (χ0) is 18.7. The van der Waals surface area contributed by atoms with Gasteiger partial charge in [-0.05, 0) is 55.9 Å². The maximum Gasteiger partial charge on any atom is 0.243 e. The van der Waals surface area contributed by atoms with Crippen molar-refractivity contribution in [2.75, 3.05) is 33.3 Å². The number of piperidine rings is 2. The summed E-state index contributed by atoms with van der Waals surface area (Å²) in [7, 11) is -1.97. The molecule has 2 fully saturated rings. The van der Waals surface area contributed by atoms with Gasteiger partial charge in [0.25, 0.3) is 0 Å². The number of methoxy groups -OCH3 is 1. The van der Waals surface area contributed by atoms with E-state index in [1.165, 1.54) is 10.7 Å². The minimum absolute atomic E-state index is 0.0531. The summed E-state index contributed by atoms with van der Waals surface area (Å²) < 4.78 is 32.2. The first kappa shape index (κ1) is 19.2. The van der Waals surface area contributed by atoms with Crippen LogP contribution in [0.2, 0.25) is 0 Å². The average molecular weight is 381 g/mol. The van der Waals surface area contributed by atoms with Crippen molar-refractivity contribution in [2.45, 2.75) is 37.5 Å². The van der Waals surface area contributed by atoms with E-state index in [2.05, 4.69) is 6.92 Å². The summed E-state index contributed by atoms with van der Waals surface area (Å²) in [5.41, 5.74) is 0. The minimum atomic E-state index is -3.52. The van der Waals surface area contributed by atoms with Gasteiger partial charge in [0.1, 0.15) is 5.75 Å². The first-order chi connectivity index (χ1) is 12.4. The molecule has 0 spiro atoms. The lowest BCUT2D eigenvalue weighted by atomic mass is 9.93. The number of hydrogen-bond acceptors (Lipinski definition) is 4. The largest absolute Gasteiger partial charge is 0.497 e. The van der Waals surface area contributed by atoms with Crippen LogP contribution in [-0.2, 0) is 14.8 Å². The molecule has 0 bridgehead atoms. The highest BCUT2D eigenvalue weighted by molar-refractivity contribution is 7.89. The smallest absolute Gasteiger partial charge is 0.243 e. The number of benzene rings is 1. The van der Waals surface area contributed by atoms with Crippen molar-refractivity contribution in [2.24, 2.45) is 11.8 Å². The highest BCUT2D eigenvalue weighted by Crippen LogP contribution is 2.27. The molecule has 2 heterocycles. The van der Waals surface area contributed by atoms with Gasteiger partial charge >= 0.3 is 0 Å². The van der Waals surface area contributed by atoms with Gasteiger partial charge in [-0.15, -0.1) is 0 Å². The maximum absolute atomic E-state index is 12.8. The fraction of sp³-hybridized carbons (Fsp3) is 0.632. The van der Waals surface area contributed by atoms with Crippen molar-refractivity contribution in [3.05, 3.63) is 24.3 Å². The van der Waals surface area contributed by atoms with E-state index in [1.54, 1.807) is 31.4 Å². The zero-order valence-corrected chi connectivity index (χ0v) is 16.4. The van der Waals surface area contributed by atoms with Crippen molar-refractivity contribution < 1.29 is 17.9 Å². The van der Waals surface area contributed by atoms with E-state index in [9.17, 15) is 13.2 Å². The Kier molecular flexibility index (Phi) is 5.87. The summed E-state index contributed by atoms with van der Waals surface area (Å²) in [5, 5.41) is 0. The number of likely N-dealkylation sites (tertiary alicyclic amines) is 1. The quantitative estimate of drug-likeness (QED) is 0.804. The number of ether oxygens (including phenoxy) is 1. The fourth-order valence-electron chi connectivity index (χ4n) is 3.89. The molecule has 1 atom stereocenters. The van der Waals surface area contributed by atoms with Crippen LogP contribution in [0.1, 0.15) is 32.6 Å². The van der Waals surface area contributed by atoms with E-state index in [0.29, 0.717) is 37.6 Å². The summed E-state index contributed by atoms with van der Waals surface area (Å²) in [6, 6.07) is 6.45. The average Bonchev–Trinajstić information content (AvgIpc) is 2.67. The molecule has 0 aliphatic carbocycles. The third-order valence-electron chi connectivity index (χ3n) is 5.47. The number of carbonyl (C=O) groups is 1. The van der Waals surface area contributed by atoms with Gasteiger partial charge in [0.15, 0.2) is 0 Å². The summed E-state index contributed by atoms with van der Waals surface area (Å²) in [5.74, 6) is 1.34. The summed E-state index contributed by atoms with van der Waals surface area (Å²) >= 11 is 0. The number of rotatable bonds is 4. The van der Waals surface area contributed by atoms with Gasteiger partial charge < -0.3 is 9.64 Å². The molecule has 1 amide bonds. The lowest BCUT2D eigenvalue weighted by molar-refractivity contribution is -0.138. The monoisotopic (exact) mass is 380 g/mol. The second-order valence-electron chi connectivity index (χ2n) is 7.39. The molecule has 1 aromatic carbocycles. The van der Waals surface area contributed by atoms with Crippen LogP contribution < -0.4 is 4.74 Å². The van der Waals surface area contributed by atoms with Crippen LogP contribution in [-0.4, -0.2) is 56.8 Å². The predicted molar refractivity (Wildman–Crippen MR) is 99.5 cm³/mol. The van der Waals surface area contributed by atoms with Gasteiger partial charge in [0.2, 0.25) is 15.9 Å². The highest BCUT2D eigenvalue weighted by atomic mass is 32.2. The molecular formula is C19H28N2O4S. The standard InChI is InChI=1S/C19H28N2O4S/c1-15-4-3-11-20(14-15)19(22)16-9-12-21(13-10-16)26(23,24)18-7-5-17(25-2)6-8-18/h5-8,15-16H,3-4,9-14H2,1-2H3/t15-/m1/s1. The first-order valence-electron chi connectivity index (χ1n) is 9.35. The Hall–Kier alpha value is -1.60. The molecule has 144 valence electrons. The van der Waals surface area contributed by atoms with E-state index >= 15 is 0 Å². The van der Waals surface area contributed by atoms with E-state index in [1.807, 2.05) is 4.90 Å². The second-order valence-corrected chi connectivity index (χ2v) is 9.32. The van der Waals surface area contributed by atoms with Crippen LogP contribution in [0.3, 0.4) is 0 Å². The van der Waals surface area contributed by atoms with Crippen LogP contribution in [0.15, 0.2) is 29.2 Å². The summed E-state index contributed by atoms with van der Waals surface area (Å²) in [4.78, 5) is 15.0. The van der Waals surface area contributed by atoms with E-state index in [4.69, 9.17) is 4.74 Å². The number of nitrogens with zero attached hydrogens (tertiary/aromatic N) is 2. The Morgan fingerprint density at radius 1 is 1.08 bits per heavy atom. The molecule has 0 N–H and O–H groups in total. The Bertz CT molecular complexity index is 724. The molecule has 26 heavy (non-hydrogen) atoms. The van der Waals surface area contributed by atoms with Crippen LogP contribution in [0.4, 0.5) is 0 Å². The Labute approximate surface area is 156 Å². The fourth-order valence-corrected chi connectivity index (χ4v) is 5.36. The molecule has 6 nitrogen and oxygen atoms in total. The zero-order valence-electron chi connectivity index (χ0n) is 15.6. The normalized spacial score (nSPS) is 23.0. The third-order valence-corrected chi connectivity index (χ3v) is 7.38. The van der Waals surface area contributed by atoms with Gasteiger partial charge in [-0.2, -0.15) is 4.31 Å². The van der Waals surface area contributed by atoms with Crippen LogP contribution >= 0.6 is 0 Å². The molecular weight excluding hydrogens is 352 g/mol. The molecule has 0 radical (unpaired) electrons. The minimum Gasteiger partial charge on any atom is -0.497 e. The van der Waals surface area contributed by atoms with Crippen molar-refractivity contribution in [1.29, 1.82) is 0 Å². The third kappa shape index (κ3) is 4.04. The van der Waals surface area contributed by atoms with Crippen molar-refractivity contribution >= 4 is 15.9 Å². The highest BCUT2D eigenvalue weighted by Gasteiger charge is 2.34. The van der Waals surface area contributed by atoms with Crippen LogP contribution in [0.25, 0.3) is 0 Å². The van der Waals surface area contributed by atoms with E-state index in [0.717, 1.165) is 19.5 Å². The molecule has 7 heteroatoms. The number of amides is 1. The lowest BCUT2D eigenvalue weighted by Gasteiger charge is -2.36. The molecule has 2 aliphatic rings. The molecule has 0 aromatic heterocycles. The Morgan fingerprint density at radius 2 is 1.73 bits per heavy atom. The molecule has 2 aliphatic heterocycles. The Morgan fingerprint density at radius 3 is 2.31 bits per heavy atom. The maximum atomic E-state index is 12.8. The van der Waals surface area contributed by atoms with Crippen molar-refractivity contribution in [1.82, 2.24) is 9.21 Å². The van der Waals surface area contributed by atoms with Crippen LogP contribution in [0.5, 0.6) is 5.75 Å². The number of hydrogen-bond donors (Lipinski definition) is 0. The Balaban J connectivity index is 1.61. The first-order valence-corrected chi connectivity index (χ1v) is 10.8. The van der Waals surface area contributed by atoms with Gasteiger partial charge in [0.05, 0.1) is 12.0 Å². The van der Waals surface area contributed by atoms with E-state index < -0.39 is 10.0 Å². The topological polar surface area (TPSA) is 66.9 Å². The van der Waals surface area contributed by atoms with Crippen LogP contribution in [0, 0.1) is 11.8 Å². The predicted octanol–water partition coefficient (Wildman–Crippen LogP) is 2.35. The molecule has 1 aromatic rings. The van der Waals surface area contributed by atoms with Gasteiger partial charge in [-0.25, -0.2) is 8.42 Å². The van der Waals surface area contributed by atoms with Crippen molar-refractivity contribution in [3.8, 4) is 5.75 Å². The molecule has 0 unspecified atom stereocenters. The van der Waals surface area contributed by atoms with Crippen molar-refractivity contribution in [3.63, 3.8) is 0 Å². The van der Waals surface area contributed by atoms with Gasteiger partial charge in [0, 0.05) is 32.1 Å². The number of carbonyl (C=O) groups excluding carboxylic acids is 1. The van der Waals surface area contributed by atoms with Gasteiger partial charge in [-0.3, -0.25) is 4.79 Å².